The van der Waals surface area contributed by atoms with Gasteiger partial charge in [-0.25, -0.2) is 8.42 Å². The zero-order valence-electron chi connectivity index (χ0n) is 17.7. The number of halogens is 1. The minimum atomic E-state index is -3.58. The van der Waals surface area contributed by atoms with Crippen LogP contribution in [0.3, 0.4) is 0 Å². The number of sulfonamides is 1. The van der Waals surface area contributed by atoms with Gasteiger partial charge in [-0.3, -0.25) is 4.79 Å². The van der Waals surface area contributed by atoms with Gasteiger partial charge in [-0.2, -0.15) is 4.31 Å². The SMILES string of the molecule is COc1ccc(S(=O)(=O)N2CCC(C(=O)N(C)CCOc3ccc(Cl)cc3)CC2)cc1. The molecule has 0 spiro atoms. The molecular formula is C22H27ClN2O5S. The van der Waals surface area contributed by atoms with Crippen LogP contribution in [0.25, 0.3) is 0 Å². The predicted molar refractivity (Wildman–Crippen MR) is 119 cm³/mol. The molecule has 2 aromatic rings. The van der Waals surface area contributed by atoms with Crippen LogP contribution in [0.15, 0.2) is 53.4 Å². The molecule has 2 aromatic carbocycles. The summed E-state index contributed by atoms with van der Waals surface area (Å²) in [6.45, 7) is 1.46. The third-order valence-corrected chi connectivity index (χ3v) is 7.55. The Morgan fingerprint density at radius 3 is 2.23 bits per heavy atom. The summed E-state index contributed by atoms with van der Waals surface area (Å²) in [5.41, 5.74) is 0. The van der Waals surface area contributed by atoms with Gasteiger partial charge in [-0.1, -0.05) is 11.6 Å². The number of hydrogen-bond acceptors (Lipinski definition) is 5. The second-order valence-corrected chi connectivity index (χ2v) is 9.79. The third kappa shape index (κ3) is 5.90. The summed E-state index contributed by atoms with van der Waals surface area (Å²) in [6, 6.07) is 13.4. The van der Waals surface area contributed by atoms with Gasteiger partial charge in [0, 0.05) is 31.1 Å². The second kappa shape index (κ2) is 10.3. The normalized spacial score (nSPS) is 15.5. The summed E-state index contributed by atoms with van der Waals surface area (Å²) in [4.78, 5) is 14.6. The minimum Gasteiger partial charge on any atom is -0.497 e. The van der Waals surface area contributed by atoms with Crippen LogP contribution in [0.5, 0.6) is 11.5 Å². The Balaban J connectivity index is 1.48. The molecule has 1 saturated heterocycles. The molecule has 1 amide bonds. The maximum atomic E-state index is 12.9. The smallest absolute Gasteiger partial charge is 0.243 e. The fourth-order valence-corrected chi connectivity index (χ4v) is 5.09. The van der Waals surface area contributed by atoms with Gasteiger partial charge in [-0.05, 0) is 61.4 Å². The molecule has 1 aliphatic heterocycles. The molecule has 0 saturated carbocycles. The molecule has 0 N–H and O–H groups in total. The van der Waals surface area contributed by atoms with Crippen molar-refractivity contribution in [3.63, 3.8) is 0 Å². The van der Waals surface area contributed by atoms with Crippen molar-refractivity contribution in [1.82, 2.24) is 9.21 Å². The Morgan fingerprint density at radius 2 is 1.65 bits per heavy atom. The number of carbonyl (C=O) groups is 1. The Labute approximate surface area is 188 Å². The van der Waals surface area contributed by atoms with Crippen LogP contribution in [0.1, 0.15) is 12.8 Å². The fraction of sp³-hybridized carbons (Fsp3) is 0.409. The lowest BCUT2D eigenvalue weighted by molar-refractivity contribution is -0.135. The van der Waals surface area contributed by atoms with Crippen LogP contribution >= 0.6 is 11.6 Å². The highest BCUT2D eigenvalue weighted by Gasteiger charge is 2.33. The lowest BCUT2D eigenvalue weighted by Gasteiger charge is -2.32. The first-order chi connectivity index (χ1) is 14.8. The van der Waals surface area contributed by atoms with Gasteiger partial charge in [-0.15, -0.1) is 0 Å². The van der Waals surface area contributed by atoms with Crippen molar-refractivity contribution < 1.29 is 22.7 Å². The summed E-state index contributed by atoms with van der Waals surface area (Å²) in [5, 5.41) is 0.639. The average molecular weight is 467 g/mol. The maximum absolute atomic E-state index is 12.9. The number of methoxy groups -OCH3 is 1. The van der Waals surface area contributed by atoms with E-state index in [0.717, 1.165) is 0 Å². The highest BCUT2D eigenvalue weighted by Crippen LogP contribution is 2.26. The molecule has 0 aromatic heterocycles. The lowest BCUT2D eigenvalue weighted by atomic mass is 9.97. The molecule has 1 fully saturated rings. The monoisotopic (exact) mass is 466 g/mol. The van der Waals surface area contributed by atoms with Gasteiger partial charge >= 0.3 is 0 Å². The second-order valence-electron chi connectivity index (χ2n) is 7.42. The lowest BCUT2D eigenvalue weighted by Crippen LogP contribution is -2.44. The van der Waals surface area contributed by atoms with E-state index in [2.05, 4.69) is 0 Å². The van der Waals surface area contributed by atoms with Crippen molar-refractivity contribution >= 4 is 27.5 Å². The van der Waals surface area contributed by atoms with Gasteiger partial charge in [0.05, 0.1) is 18.6 Å². The van der Waals surface area contributed by atoms with Crippen molar-refractivity contribution in [1.29, 1.82) is 0 Å². The van der Waals surface area contributed by atoms with E-state index in [0.29, 0.717) is 55.6 Å². The first kappa shape index (κ1) is 23.4. The molecule has 31 heavy (non-hydrogen) atoms. The molecule has 0 radical (unpaired) electrons. The summed E-state index contributed by atoms with van der Waals surface area (Å²) in [5.74, 6) is 1.12. The highest BCUT2D eigenvalue weighted by molar-refractivity contribution is 7.89. The highest BCUT2D eigenvalue weighted by atomic mass is 35.5. The molecule has 1 aliphatic rings. The largest absolute Gasteiger partial charge is 0.497 e. The molecule has 168 valence electrons. The summed E-state index contributed by atoms with van der Waals surface area (Å²) in [6.07, 6.45) is 0.993. The van der Waals surface area contributed by atoms with E-state index in [1.807, 2.05) is 0 Å². The molecule has 0 unspecified atom stereocenters. The third-order valence-electron chi connectivity index (χ3n) is 5.39. The number of piperidine rings is 1. The predicted octanol–water partition coefficient (Wildman–Crippen LogP) is 3.29. The fourth-order valence-electron chi connectivity index (χ4n) is 3.49. The first-order valence-electron chi connectivity index (χ1n) is 10.1. The number of hydrogen-bond donors (Lipinski definition) is 0. The number of rotatable bonds is 8. The van der Waals surface area contributed by atoms with Crippen molar-refractivity contribution in [3.8, 4) is 11.5 Å². The van der Waals surface area contributed by atoms with Crippen molar-refractivity contribution in [2.75, 3.05) is 40.4 Å². The number of benzene rings is 2. The van der Waals surface area contributed by atoms with Crippen LogP contribution in [0, 0.1) is 5.92 Å². The number of carbonyl (C=O) groups excluding carboxylic acids is 1. The van der Waals surface area contributed by atoms with Gasteiger partial charge in [0.25, 0.3) is 0 Å². The van der Waals surface area contributed by atoms with Crippen LogP contribution in [-0.2, 0) is 14.8 Å². The van der Waals surface area contributed by atoms with Crippen molar-refractivity contribution in [2.24, 2.45) is 5.92 Å². The van der Waals surface area contributed by atoms with E-state index in [4.69, 9.17) is 21.1 Å². The standard InChI is InChI=1S/C22H27ClN2O5S/c1-24(15-16-30-20-5-3-18(23)4-6-20)22(26)17-11-13-25(14-12-17)31(27,28)21-9-7-19(29-2)8-10-21/h3-10,17H,11-16H2,1-2H3. The van der Waals surface area contributed by atoms with Crippen molar-refractivity contribution in [3.05, 3.63) is 53.6 Å². The Hall–Kier alpha value is -2.29. The molecular weight excluding hydrogens is 440 g/mol. The number of likely N-dealkylation sites (N-methyl/N-ethyl adjacent to an activating group) is 1. The summed E-state index contributed by atoms with van der Waals surface area (Å²) >= 11 is 5.85. The molecule has 0 atom stereocenters. The molecule has 3 rings (SSSR count). The molecule has 1 heterocycles. The van der Waals surface area contributed by atoms with E-state index < -0.39 is 10.0 Å². The van der Waals surface area contributed by atoms with E-state index in [-0.39, 0.29) is 16.7 Å². The summed E-state index contributed by atoms with van der Waals surface area (Å²) < 4.78 is 37.9. The van der Waals surface area contributed by atoms with Crippen LogP contribution in [0.2, 0.25) is 5.02 Å². The van der Waals surface area contributed by atoms with Gasteiger partial charge < -0.3 is 14.4 Å². The van der Waals surface area contributed by atoms with Crippen LogP contribution in [0.4, 0.5) is 0 Å². The molecule has 9 heteroatoms. The van der Waals surface area contributed by atoms with E-state index in [9.17, 15) is 13.2 Å². The number of amides is 1. The molecule has 7 nitrogen and oxygen atoms in total. The van der Waals surface area contributed by atoms with Crippen molar-refractivity contribution in [2.45, 2.75) is 17.7 Å². The Kier molecular flexibility index (Phi) is 7.80. The summed E-state index contributed by atoms with van der Waals surface area (Å²) in [7, 11) is -0.303. The average Bonchev–Trinajstić information content (AvgIpc) is 2.80. The Morgan fingerprint density at radius 1 is 1.06 bits per heavy atom. The number of ether oxygens (including phenoxy) is 2. The topological polar surface area (TPSA) is 76.2 Å². The van der Waals surface area contributed by atoms with Gasteiger partial charge in [0.15, 0.2) is 0 Å². The van der Waals surface area contributed by atoms with E-state index >= 15 is 0 Å². The minimum absolute atomic E-state index is 0.0150. The number of nitrogens with zero attached hydrogens (tertiary/aromatic N) is 2. The van der Waals surface area contributed by atoms with Crippen LogP contribution < -0.4 is 9.47 Å². The zero-order chi connectivity index (χ0) is 22.4. The van der Waals surface area contributed by atoms with E-state index in [1.54, 1.807) is 60.5 Å². The molecule has 0 bridgehead atoms. The Bertz CT molecular complexity index is 972. The quantitative estimate of drug-likeness (QED) is 0.596. The van der Waals surface area contributed by atoms with E-state index in [1.165, 1.54) is 11.4 Å². The zero-order valence-corrected chi connectivity index (χ0v) is 19.2. The first-order valence-corrected chi connectivity index (χ1v) is 11.9. The van der Waals surface area contributed by atoms with Gasteiger partial charge in [0.2, 0.25) is 15.9 Å². The van der Waals surface area contributed by atoms with Gasteiger partial charge in [0.1, 0.15) is 18.1 Å². The molecule has 0 aliphatic carbocycles. The van der Waals surface area contributed by atoms with Crippen LogP contribution in [-0.4, -0.2) is 63.9 Å². The maximum Gasteiger partial charge on any atom is 0.243 e.